The SMILES string of the molecule is C[C@H]1CCCCN1S(=O)(=O)c1cccc(C(=O)Nc2cccc(CO)c2)c1. The maximum atomic E-state index is 13.0. The van der Waals surface area contributed by atoms with Crippen LogP contribution in [0, 0.1) is 0 Å². The molecule has 2 aromatic rings. The molecule has 1 amide bonds. The van der Waals surface area contributed by atoms with Crippen LogP contribution in [0.3, 0.4) is 0 Å². The monoisotopic (exact) mass is 388 g/mol. The van der Waals surface area contributed by atoms with Crippen LogP contribution in [0.4, 0.5) is 5.69 Å². The summed E-state index contributed by atoms with van der Waals surface area (Å²) in [7, 11) is -3.63. The van der Waals surface area contributed by atoms with Crippen LogP contribution in [0.5, 0.6) is 0 Å². The van der Waals surface area contributed by atoms with Gasteiger partial charge in [-0.15, -0.1) is 0 Å². The highest BCUT2D eigenvalue weighted by molar-refractivity contribution is 7.89. The van der Waals surface area contributed by atoms with Gasteiger partial charge in [-0.3, -0.25) is 4.79 Å². The molecule has 2 aromatic carbocycles. The summed E-state index contributed by atoms with van der Waals surface area (Å²) in [6.45, 7) is 2.31. The van der Waals surface area contributed by atoms with Gasteiger partial charge in [0.05, 0.1) is 11.5 Å². The zero-order valence-electron chi connectivity index (χ0n) is 15.3. The molecule has 1 aliphatic heterocycles. The summed E-state index contributed by atoms with van der Waals surface area (Å²) in [4.78, 5) is 12.7. The van der Waals surface area contributed by atoms with Crippen molar-refractivity contribution in [2.45, 2.75) is 43.7 Å². The number of anilines is 1. The van der Waals surface area contributed by atoms with E-state index in [1.807, 2.05) is 6.92 Å². The number of aliphatic hydroxyl groups is 1. The molecule has 144 valence electrons. The van der Waals surface area contributed by atoms with Crippen LogP contribution in [0.1, 0.15) is 42.1 Å². The maximum Gasteiger partial charge on any atom is 0.255 e. The van der Waals surface area contributed by atoms with Gasteiger partial charge in [-0.2, -0.15) is 4.31 Å². The zero-order chi connectivity index (χ0) is 19.4. The lowest BCUT2D eigenvalue weighted by molar-refractivity contribution is 0.102. The Balaban J connectivity index is 1.83. The van der Waals surface area contributed by atoms with Crippen LogP contribution in [-0.4, -0.2) is 36.3 Å². The maximum absolute atomic E-state index is 13.0. The standard InChI is InChI=1S/C20H24N2O4S/c1-15-6-2-3-11-22(15)27(25,26)19-10-5-8-17(13-19)20(24)21-18-9-4-7-16(12-18)14-23/h4-5,7-10,12-13,15,23H,2-3,6,11,14H2,1H3,(H,21,24)/t15-/m0/s1. The molecule has 1 aliphatic rings. The van der Waals surface area contributed by atoms with Crippen LogP contribution in [-0.2, 0) is 16.6 Å². The topological polar surface area (TPSA) is 86.7 Å². The molecular formula is C20H24N2O4S. The van der Waals surface area contributed by atoms with Crippen molar-refractivity contribution in [1.82, 2.24) is 4.31 Å². The first-order valence-corrected chi connectivity index (χ1v) is 10.5. The van der Waals surface area contributed by atoms with E-state index in [1.54, 1.807) is 36.4 Å². The highest BCUT2D eigenvalue weighted by atomic mass is 32.2. The van der Waals surface area contributed by atoms with E-state index in [0.29, 0.717) is 17.8 Å². The molecule has 6 nitrogen and oxygen atoms in total. The van der Waals surface area contributed by atoms with Gasteiger partial charge in [-0.25, -0.2) is 8.42 Å². The number of piperidine rings is 1. The summed E-state index contributed by atoms with van der Waals surface area (Å²) >= 11 is 0. The third-order valence-corrected chi connectivity index (χ3v) is 6.82. The molecule has 3 rings (SSSR count). The average Bonchev–Trinajstić information content (AvgIpc) is 2.68. The van der Waals surface area contributed by atoms with Crippen LogP contribution in [0.25, 0.3) is 0 Å². The lowest BCUT2D eigenvalue weighted by Gasteiger charge is -2.32. The summed E-state index contributed by atoms with van der Waals surface area (Å²) in [6, 6.07) is 13.0. The van der Waals surface area contributed by atoms with E-state index >= 15 is 0 Å². The third kappa shape index (κ3) is 4.37. The fourth-order valence-electron chi connectivity index (χ4n) is 3.31. The Morgan fingerprint density at radius 1 is 1.19 bits per heavy atom. The van der Waals surface area contributed by atoms with Crippen molar-refractivity contribution in [3.05, 3.63) is 59.7 Å². The fourth-order valence-corrected chi connectivity index (χ4v) is 5.06. The van der Waals surface area contributed by atoms with Crippen molar-refractivity contribution in [3.8, 4) is 0 Å². The molecule has 0 saturated carbocycles. The Morgan fingerprint density at radius 2 is 1.96 bits per heavy atom. The minimum Gasteiger partial charge on any atom is -0.392 e. The minimum absolute atomic E-state index is 0.0394. The number of carbonyl (C=O) groups excluding carboxylic acids is 1. The minimum atomic E-state index is -3.63. The first-order chi connectivity index (χ1) is 12.9. The molecule has 1 heterocycles. The fraction of sp³-hybridized carbons (Fsp3) is 0.350. The molecule has 2 N–H and O–H groups in total. The molecule has 0 aromatic heterocycles. The van der Waals surface area contributed by atoms with E-state index in [9.17, 15) is 18.3 Å². The average molecular weight is 388 g/mol. The lowest BCUT2D eigenvalue weighted by Crippen LogP contribution is -2.41. The van der Waals surface area contributed by atoms with Crippen LogP contribution in [0.2, 0.25) is 0 Å². The molecule has 0 radical (unpaired) electrons. The zero-order valence-corrected chi connectivity index (χ0v) is 16.1. The van der Waals surface area contributed by atoms with Crippen molar-refractivity contribution in [2.75, 3.05) is 11.9 Å². The Labute approximate surface area is 159 Å². The molecule has 7 heteroatoms. The quantitative estimate of drug-likeness (QED) is 0.824. The van der Waals surface area contributed by atoms with Crippen molar-refractivity contribution in [1.29, 1.82) is 0 Å². The largest absolute Gasteiger partial charge is 0.392 e. The van der Waals surface area contributed by atoms with E-state index in [1.165, 1.54) is 16.4 Å². The summed E-state index contributed by atoms with van der Waals surface area (Å²) in [6.07, 6.45) is 2.73. The smallest absolute Gasteiger partial charge is 0.255 e. The van der Waals surface area contributed by atoms with Gasteiger partial charge in [0.2, 0.25) is 10.0 Å². The first-order valence-electron chi connectivity index (χ1n) is 9.05. The summed E-state index contributed by atoms with van der Waals surface area (Å²) in [5.41, 5.74) is 1.50. The highest BCUT2D eigenvalue weighted by Crippen LogP contribution is 2.25. The van der Waals surface area contributed by atoms with Gasteiger partial charge in [0.15, 0.2) is 0 Å². The summed E-state index contributed by atoms with van der Waals surface area (Å²) in [5, 5.41) is 11.9. The second-order valence-corrected chi connectivity index (χ2v) is 8.69. The third-order valence-electron chi connectivity index (χ3n) is 4.81. The summed E-state index contributed by atoms with van der Waals surface area (Å²) in [5.74, 6) is -0.395. The number of hydrogen-bond donors (Lipinski definition) is 2. The van der Waals surface area contributed by atoms with Crippen molar-refractivity contribution in [2.24, 2.45) is 0 Å². The van der Waals surface area contributed by atoms with Gasteiger partial charge < -0.3 is 10.4 Å². The van der Waals surface area contributed by atoms with Gasteiger partial charge in [-0.05, 0) is 55.7 Å². The van der Waals surface area contributed by atoms with Crippen molar-refractivity contribution < 1.29 is 18.3 Å². The number of nitrogens with zero attached hydrogens (tertiary/aromatic N) is 1. The Morgan fingerprint density at radius 3 is 2.70 bits per heavy atom. The predicted octanol–water partition coefficient (Wildman–Crippen LogP) is 2.99. The predicted molar refractivity (Wildman–Crippen MR) is 104 cm³/mol. The van der Waals surface area contributed by atoms with E-state index in [2.05, 4.69) is 5.32 Å². The van der Waals surface area contributed by atoms with E-state index in [0.717, 1.165) is 19.3 Å². The van der Waals surface area contributed by atoms with Crippen LogP contribution >= 0.6 is 0 Å². The number of carbonyl (C=O) groups is 1. The molecular weight excluding hydrogens is 364 g/mol. The first kappa shape index (κ1) is 19.5. The molecule has 1 saturated heterocycles. The van der Waals surface area contributed by atoms with Crippen molar-refractivity contribution in [3.63, 3.8) is 0 Å². The lowest BCUT2D eigenvalue weighted by atomic mass is 10.1. The molecule has 1 fully saturated rings. The number of sulfonamides is 1. The Bertz CT molecular complexity index is 927. The van der Waals surface area contributed by atoms with E-state index in [-0.39, 0.29) is 23.1 Å². The van der Waals surface area contributed by atoms with Crippen LogP contribution < -0.4 is 5.32 Å². The number of hydrogen-bond acceptors (Lipinski definition) is 4. The van der Waals surface area contributed by atoms with Crippen molar-refractivity contribution >= 4 is 21.6 Å². The highest BCUT2D eigenvalue weighted by Gasteiger charge is 2.31. The molecule has 0 spiro atoms. The molecule has 1 atom stereocenters. The normalized spacial score (nSPS) is 18.2. The van der Waals surface area contributed by atoms with E-state index in [4.69, 9.17) is 0 Å². The van der Waals surface area contributed by atoms with Gasteiger partial charge in [0.1, 0.15) is 0 Å². The van der Waals surface area contributed by atoms with Gasteiger partial charge in [0, 0.05) is 23.8 Å². The number of aliphatic hydroxyl groups excluding tert-OH is 1. The Kier molecular flexibility index (Phi) is 5.94. The number of benzene rings is 2. The van der Waals surface area contributed by atoms with Gasteiger partial charge in [-0.1, -0.05) is 24.6 Å². The molecule has 0 bridgehead atoms. The number of amides is 1. The molecule has 0 aliphatic carbocycles. The Hall–Kier alpha value is -2.22. The number of nitrogens with one attached hydrogen (secondary N) is 1. The number of rotatable bonds is 5. The van der Waals surface area contributed by atoms with Crippen LogP contribution in [0.15, 0.2) is 53.4 Å². The van der Waals surface area contributed by atoms with Gasteiger partial charge in [0.25, 0.3) is 5.91 Å². The van der Waals surface area contributed by atoms with E-state index < -0.39 is 15.9 Å². The molecule has 27 heavy (non-hydrogen) atoms. The summed E-state index contributed by atoms with van der Waals surface area (Å²) < 4.78 is 27.5. The van der Waals surface area contributed by atoms with Gasteiger partial charge >= 0.3 is 0 Å². The second-order valence-electron chi connectivity index (χ2n) is 6.80. The molecule has 0 unspecified atom stereocenters. The second kappa shape index (κ2) is 8.21.